The highest BCUT2D eigenvalue weighted by molar-refractivity contribution is 5.11. The van der Waals surface area contributed by atoms with Crippen LogP contribution in [0, 0.1) is 12.3 Å². The average molecular weight is 362 g/mol. The molecule has 2 N–H and O–H groups in total. The summed E-state index contributed by atoms with van der Waals surface area (Å²) in [6, 6.07) is 4.27. The summed E-state index contributed by atoms with van der Waals surface area (Å²) in [5, 5.41) is 3.55. The van der Waals surface area contributed by atoms with E-state index in [1.807, 2.05) is 26.2 Å². The maximum absolute atomic E-state index is 4.42. The quantitative estimate of drug-likeness (QED) is 0.408. The molecule has 3 heteroatoms. The van der Waals surface area contributed by atoms with Gasteiger partial charge >= 0.3 is 0 Å². The smallest absolute Gasteiger partial charge is 0.0460 e. The summed E-state index contributed by atoms with van der Waals surface area (Å²) in [4.78, 5) is 7.80. The maximum Gasteiger partial charge on any atom is 0.0460 e. The molecule has 0 amide bonds. The number of H-pyrrole nitrogens is 1. The van der Waals surface area contributed by atoms with Crippen LogP contribution in [0.15, 0.2) is 37.7 Å². The first-order chi connectivity index (χ1) is 12.5. The highest BCUT2D eigenvalue weighted by Gasteiger charge is 2.15. The van der Waals surface area contributed by atoms with Crippen LogP contribution in [0.5, 0.6) is 0 Å². The second-order valence-electron chi connectivity index (χ2n) is 6.84. The van der Waals surface area contributed by atoms with E-state index in [-0.39, 0.29) is 0 Å². The lowest BCUT2D eigenvalue weighted by molar-refractivity contribution is 0.298. The molecule has 3 nitrogen and oxygen atoms in total. The molecule has 0 saturated carbocycles. The molecular weight excluding hydrogens is 318 g/mol. The number of nitrogens with zero attached hydrogens (tertiary/aromatic N) is 1. The van der Waals surface area contributed by atoms with Crippen LogP contribution in [0.4, 0.5) is 0 Å². The van der Waals surface area contributed by atoms with Crippen molar-refractivity contribution in [2.45, 2.75) is 80.7 Å². The van der Waals surface area contributed by atoms with Gasteiger partial charge in [0, 0.05) is 30.3 Å². The summed E-state index contributed by atoms with van der Waals surface area (Å²) in [7, 11) is 0. The summed E-state index contributed by atoms with van der Waals surface area (Å²) >= 11 is 0. The number of rotatable bonds is 8. The molecule has 0 radical (unpaired) electrons. The van der Waals surface area contributed by atoms with E-state index in [1.165, 1.54) is 24.8 Å². The van der Waals surface area contributed by atoms with Crippen LogP contribution >= 0.6 is 0 Å². The second-order valence-corrected chi connectivity index (χ2v) is 6.84. The van der Waals surface area contributed by atoms with E-state index in [1.54, 1.807) is 0 Å². The fourth-order valence-electron chi connectivity index (χ4n) is 2.57. The fraction of sp³-hybridized carbons (Fsp3) is 0.609. The van der Waals surface area contributed by atoms with Gasteiger partial charge in [-0.2, -0.15) is 0 Å². The van der Waals surface area contributed by atoms with Crippen LogP contribution < -0.4 is 5.32 Å². The fourth-order valence-corrected chi connectivity index (χ4v) is 2.57. The summed E-state index contributed by atoms with van der Waals surface area (Å²) in [6.45, 7) is 23.1. The lowest BCUT2D eigenvalue weighted by Crippen LogP contribution is -2.22. The first-order valence-corrected chi connectivity index (χ1v) is 10.0. The predicted molar refractivity (Wildman–Crippen MR) is 118 cm³/mol. The van der Waals surface area contributed by atoms with Gasteiger partial charge in [0.05, 0.1) is 0 Å². The molecule has 0 atom stereocenters. The van der Waals surface area contributed by atoms with Gasteiger partial charge in [0.1, 0.15) is 0 Å². The Balaban J connectivity index is 0. The van der Waals surface area contributed by atoms with Gasteiger partial charge in [-0.05, 0) is 49.8 Å². The minimum atomic E-state index is 0.432. The topological polar surface area (TPSA) is 40.7 Å². The molecule has 0 aliphatic heterocycles. The molecule has 1 rings (SSSR count). The van der Waals surface area contributed by atoms with Crippen LogP contribution in [0.1, 0.15) is 77.8 Å². The molecule has 0 bridgehead atoms. The molecule has 0 aliphatic rings. The molecule has 0 saturated heterocycles. The van der Waals surface area contributed by atoms with E-state index in [0.717, 1.165) is 30.9 Å². The van der Waals surface area contributed by atoms with Crippen LogP contribution in [-0.4, -0.2) is 16.5 Å². The molecule has 150 valence electrons. The molecule has 26 heavy (non-hydrogen) atoms. The van der Waals surface area contributed by atoms with E-state index >= 15 is 0 Å². The van der Waals surface area contributed by atoms with E-state index in [2.05, 4.69) is 75.2 Å². The molecule has 0 aromatic carbocycles. The lowest BCUT2D eigenvalue weighted by Gasteiger charge is -2.23. The van der Waals surface area contributed by atoms with E-state index in [4.69, 9.17) is 0 Å². The average Bonchev–Trinajstić information content (AvgIpc) is 2.73. The minimum Gasteiger partial charge on any atom is -0.361 e. The standard InChI is InChI=1S/C19H33N3.C2H6.C2H4/c1-6-10-19(4,5)11-12-20-13-17-9-8-16(3)22-18(7-2)15-21-14-17;2*1-2/h8-9,14-15,20,22H,6-7,10-13H2,1-5H3;1-2H3;1-2H2. The number of nitrogens with one attached hydrogen (secondary N) is 2. The second kappa shape index (κ2) is 16.8. The first-order valence-electron chi connectivity index (χ1n) is 10.0. The zero-order valence-electron chi connectivity index (χ0n) is 18.4. The van der Waals surface area contributed by atoms with Crippen molar-refractivity contribution in [3.63, 3.8) is 0 Å². The van der Waals surface area contributed by atoms with Crippen LogP contribution in [0.25, 0.3) is 0 Å². The summed E-state index contributed by atoms with van der Waals surface area (Å²) in [6.07, 6.45) is 8.59. The van der Waals surface area contributed by atoms with E-state index in [9.17, 15) is 0 Å². The number of hydrogen-bond acceptors (Lipinski definition) is 2. The monoisotopic (exact) mass is 361 g/mol. The molecule has 1 heterocycles. The Hall–Kier alpha value is -1.61. The Kier molecular flexibility index (Phi) is 17.2. The largest absolute Gasteiger partial charge is 0.361 e. The summed E-state index contributed by atoms with van der Waals surface area (Å²) in [5.74, 6) is 0. The van der Waals surface area contributed by atoms with E-state index in [0.29, 0.717) is 5.41 Å². The van der Waals surface area contributed by atoms with Gasteiger partial charge in [-0.1, -0.05) is 54.0 Å². The zero-order chi connectivity index (χ0) is 20.4. The van der Waals surface area contributed by atoms with Gasteiger partial charge in [0.25, 0.3) is 0 Å². The number of aromatic nitrogens is 2. The lowest BCUT2D eigenvalue weighted by atomic mass is 9.85. The molecule has 0 fully saturated rings. The van der Waals surface area contributed by atoms with Gasteiger partial charge in [-0.3, -0.25) is 4.98 Å². The van der Waals surface area contributed by atoms with Crippen LogP contribution in [-0.2, 0) is 13.0 Å². The molecule has 1 aromatic heterocycles. The molecule has 0 spiro atoms. The third-order valence-electron chi connectivity index (χ3n) is 3.99. The Morgan fingerprint density at radius 3 is 2.31 bits per heavy atom. The molecule has 1 aromatic rings. The Morgan fingerprint density at radius 1 is 1.08 bits per heavy atom. The third kappa shape index (κ3) is 13.7. The highest BCUT2D eigenvalue weighted by atomic mass is 14.9. The van der Waals surface area contributed by atoms with Crippen LogP contribution in [0.3, 0.4) is 0 Å². The maximum atomic E-state index is 4.42. The van der Waals surface area contributed by atoms with Crippen molar-refractivity contribution in [1.29, 1.82) is 0 Å². The van der Waals surface area contributed by atoms with Crippen molar-refractivity contribution in [2.75, 3.05) is 6.54 Å². The SMILES string of the molecule is C=C.CC.CCCC(C)(C)CCNCc1ccc(C)[nH]c(CC)cnc1. The number of hydrogen-bond donors (Lipinski definition) is 2. The Bertz CT molecular complexity index is 502. The minimum absolute atomic E-state index is 0.432. The Morgan fingerprint density at radius 2 is 1.73 bits per heavy atom. The van der Waals surface area contributed by atoms with Gasteiger partial charge in [0.2, 0.25) is 0 Å². The predicted octanol–water partition coefficient (Wildman–Crippen LogP) is 6.54. The normalized spacial score (nSPS) is 9.96. The van der Waals surface area contributed by atoms with Crippen molar-refractivity contribution < 1.29 is 0 Å². The highest BCUT2D eigenvalue weighted by Crippen LogP contribution is 2.25. The van der Waals surface area contributed by atoms with Gasteiger partial charge in [0.15, 0.2) is 0 Å². The van der Waals surface area contributed by atoms with Crippen molar-refractivity contribution in [2.24, 2.45) is 5.41 Å². The van der Waals surface area contributed by atoms with Gasteiger partial charge in [-0.25, -0.2) is 0 Å². The van der Waals surface area contributed by atoms with E-state index < -0.39 is 0 Å². The molecular formula is C23H43N3. The third-order valence-corrected chi connectivity index (χ3v) is 3.99. The van der Waals surface area contributed by atoms with Crippen molar-refractivity contribution in [1.82, 2.24) is 15.3 Å². The van der Waals surface area contributed by atoms with Crippen molar-refractivity contribution in [3.05, 3.63) is 54.6 Å². The molecule has 0 aliphatic carbocycles. The first kappa shape index (κ1) is 26.6. The zero-order valence-corrected chi connectivity index (χ0v) is 18.4. The molecule has 0 unspecified atom stereocenters. The van der Waals surface area contributed by atoms with Crippen molar-refractivity contribution >= 4 is 0 Å². The Labute approximate surface area is 163 Å². The van der Waals surface area contributed by atoms with Gasteiger partial charge < -0.3 is 10.3 Å². The summed E-state index contributed by atoms with van der Waals surface area (Å²) in [5.41, 5.74) is 3.94. The van der Waals surface area contributed by atoms with Crippen LogP contribution in [0.2, 0.25) is 0 Å². The van der Waals surface area contributed by atoms with Crippen molar-refractivity contribution in [3.8, 4) is 0 Å². The van der Waals surface area contributed by atoms with Gasteiger partial charge in [-0.15, -0.1) is 13.2 Å². The summed E-state index contributed by atoms with van der Waals surface area (Å²) < 4.78 is 0. The number of aromatic amines is 1. The number of aryl methyl sites for hydroxylation is 2.